The first kappa shape index (κ1) is 21.8. The molecular weight excluding hydrogens is 396 g/mol. The fourth-order valence-corrected chi connectivity index (χ4v) is 3.56. The monoisotopic (exact) mass is 419 g/mol. The molecule has 1 aromatic carbocycles. The topological polar surface area (TPSA) is 83.3 Å². The summed E-state index contributed by atoms with van der Waals surface area (Å²) in [5.74, 6) is -2.39. The van der Waals surface area contributed by atoms with Gasteiger partial charge in [0.15, 0.2) is 11.2 Å². The summed E-state index contributed by atoms with van der Waals surface area (Å²) in [6.07, 6.45) is 1.08. The molecule has 0 spiro atoms. The van der Waals surface area contributed by atoms with Crippen LogP contribution in [-0.2, 0) is 32.0 Å². The Hall–Kier alpha value is -2.94. The number of carbonyl (C=O) groups excluding carboxylic acids is 2. The number of ether oxygens (including phenoxy) is 2. The minimum absolute atomic E-state index is 0.0915. The molecule has 0 saturated carbocycles. The number of nitrogens with zero attached hydrogens (tertiary/aromatic N) is 3. The van der Waals surface area contributed by atoms with Gasteiger partial charge in [-0.25, -0.2) is 13.5 Å². The van der Waals surface area contributed by atoms with E-state index in [-0.39, 0.29) is 17.7 Å². The Labute approximate surface area is 172 Å². The molecule has 0 bridgehead atoms. The van der Waals surface area contributed by atoms with Gasteiger partial charge in [-0.15, -0.1) is 5.10 Å². The van der Waals surface area contributed by atoms with Crippen molar-refractivity contribution in [1.29, 1.82) is 0 Å². The van der Waals surface area contributed by atoms with E-state index in [9.17, 15) is 18.4 Å². The molecule has 3 rings (SSSR count). The number of carbonyl (C=O) groups is 2. The summed E-state index contributed by atoms with van der Waals surface area (Å²) >= 11 is 0. The van der Waals surface area contributed by atoms with Crippen molar-refractivity contribution < 1.29 is 27.8 Å². The Kier molecular flexibility index (Phi) is 6.12. The van der Waals surface area contributed by atoms with Gasteiger partial charge in [-0.2, -0.15) is 0 Å². The van der Waals surface area contributed by atoms with E-state index < -0.39 is 41.0 Å². The molecular formula is C21H23F2N3O4. The van der Waals surface area contributed by atoms with Crippen molar-refractivity contribution in [1.82, 2.24) is 15.0 Å². The summed E-state index contributed by atoms with van der Waals surface area (Å²) in [7, 11) is 1.22. The second kappa shape index (κ2) is 8.43. The molecule has 0 unspecified atom stereocenters. The number of methoxy groups -OCH3 is 1. The minimum Gasteiger partial charge on any atom is -0.468 e. The standard InChI is InChI=1S/C21H23F2N3O4/c1-12-13(2)30-18(21(3,19(12)27)20(28)29-4)8-7-16-11-26(25-24-16)10-14-5-6-15(22)9-17(14)23/h5-6,9,11,13,18H,1,7-8,10H2,2-4H3/t13-,18+,21+/m0/s1. The number of rotatable bonds is 6. The van der Waals surface area contributed by atoms with E-state index in [4.69, 9.17) is 9.47 Å². The van der Waals surface area contributed by atoms with E-state index >= 15 is 0 Å². The van der Waals surface area contributed by atoms with Crippen LogP contribution in [-0.4, -0.2) is 46.1 Å². The molecule has 3 atom stereocenters. The van der Waals surface area contributed by atoms with Gasteiger partial charge in [0.25, 0.3) is 0 Å². The highest BCUT2D eigenvalue weighted by Gasteiger charge is 2.54. The maximum atomic E-state index is 13.8. The van der Waals surface area contributed by atoms with Crippen LogP contribution < -0.4 is 0 Å². The molecule has 1 aliphatic heterocycles. The third kappa shape index (κ3) is 4.02. The average Bonchev–Trinajstić information content (AvgIpc) is 3.17. The lowest BCUT2D eigenvalue weighted by atomic mass is 9.72. The normalized spacial score (nSPS) is 24.2. The Balaban J connectivity index is 1.72. The van der Waals surface area contributed by atoms with Gasteiger partial charge in [-0.1, -0.05) is 17.9 Å². The van der Waals surface area contributed by atoms with Crippen LogP contribution in [0, 0.1) is 17.0 Å². The second-order valence-corrected chi connectivity index (χ2v) is 7.50. The number of esters is 1. The fourth-order valence-electron chi connectivity index (χ4n) is 3.56. The van der Waals surface area contributed by atoms with Crippen molar-refractivity contribution in [2.24, 2.45) is 5.41 Å². The van der Waals surface area contributed by atoms with Crippen molar-refractivity contribution in [3.63, 3.8) is 0 Å². The zero-order chi connectivity index (χ0) is 22.1. The first-order valence-corrected chi connectivity index (χ1v) is 9.47. The lowest BCUT2D eigenvalue weighted by molar-refractivity contribution is -0.175. The van der Waals surface area contributed by atoms with Crippen LogP contribution in [0.15, 0.2) is 36.5 Å². The molecule has 1 fully saturated rings. The molecule has 0 amide bonds. The van der Waals surface area contributed by atoms with Gasteiger partial charge < -0.3 is 9.47 Å². The minimum atomic E-state index is -1.49. The van der Waals surface area contributed by atoms with Gasteiger partial charge >= 0.3 is 5.97 Å². The number of Topliss-reactive ketones (excluding diaryl/α,β-unsaturated/α-hetero) is 1. The van der Waals surface area contributed by atoms with E-state index in [1.807, 2.05) is 0 Å². The molecule has 1 aliphatic rings. The molecule has 7 nitrogen and oxygen atoms in total. The van der Waals surface area contributed by atoms with Crippen LogP contribution in [0.5, 0.6) is 0 Å². The predicted octanol–water partition coefficient (Wildman–Crippen LogP) is 2.63. The number of aryl methyl sites for hydroxylation is 1. The van der Waals surface area contributed by atoms with Gasteiger partial charge in [0, 0.05) is 23.4 Å². The first-order valence-electron chi connectivity index (χ1n) is 9.47. The highest BCUT2D eigenvalue weighted by molar-refractivity contribution is 6.13. The number of benzene rings is 1. The fraction of sp³-hybridized carbons (Fsp3) is 0.429. The zero-order valence-corrected chi connectivity index (χ0v) is 17.0. The summed E-state index contributed by atoms with van der Waals surface area (Å²) in [6.45, 7) is 7.03. The van der Waals surface area contributed by atoms with Gasteiger partial charge in [-0.05, 0) is 32.8 Å². The third-order valence-corrected chi connectivity index (χ3v) is 5.47. The quantitative estimate of drug-likeness (QED) is 0.407. The van der Waals surface area contributed by atoms with Gasteiger partial charge in [0.05, 0.1) is 31.6 Å². The maximum absolute atomic E-state index is 13.8. The molecule has 160 valence electrons. The maximum Gasteiger partial charge on any atom is 0.322 e. The summed E-state index contributed by atoms with van der Waals surface area (Å²) in [6, 6.07) is 3.34. The van der Waals surface area contributed by atoms with Gasteiger partial charge in [0.1, 0.15) is 11.6 Å². The number of halogens is 2. The number of aromatic nitrogens is 3. The number of ketones is 1. The van der Waals surface area contributed by atoms with Crippen LogP contribution in [0.3, 0.4) is 0 Å². The highest BCUT2D eigenvalue weighted by Crippen LogP contribution is 2.39. The number of hydrogen-bond acceptors (Lipinski definition) is 6. The Morgan fingerprint density at radius 1 is 1.40 bits per heavy atom. The van der Waals surface area contributed by atoms with Crippen LogP contribution in [0.4, 0.5) is 8.78 Å². The van der Waals surface area contributed by atoms with Crippen molar-refractivity contribution in [2.45, 2.75) is 45.4 Å². The molecule has 30 heavy (non-hydrogen) atoms. The van der Waals surface area contributed by atoms with E-state index in [2.05, 4.69) is 16.9 Å². The molecule has 0 N–H and O–H groups in total. The lowest BCUT2D eigenvalue weighted by Crippen LogP contribution is -2.55. The van der Waals surface area contributed by atoms with E-state index in [0.717, 1.165) is 6.07 Å². The molecule has 2 heterocycles. The molecule has 1 aromatic heterocycles. The molecule has 1 saturated heterocycles. The first-order chi connectivity index (χ1) is 14.2. The van der Waals surface area contributed by atoms with Crippen molar-refractivity contribution in [3.05, 3.63) is 59.4 Å². The molecule has 0 radical (unpaired) electrons. The Morgan fingerprint density at radius 2 is 2.13 bits per heavy atom. The molecule has 2 aromatic rings. The SMILES string of the molecule is C=C1C(=O)[C@](C)(C(=O)OC)[C@@H](CCc2cn(Cc3ccc(F)cc3F)nn2)O[C@H]1C. The smallest absolute Gasteiger partial charge is 0.322 e. The van der Waals surface area contributed by atoms with Crippen LogP contribution in [0.1, 0.15) is 31.5 Å². The highest BCUT2D eigenvalue weighted by atomic mass is 19.1. The Bertz CT molecular complexity index is 990. The van der Waals surface area contributed by atoms with Crippen molar-refractivity contribution in [3.8, 4) is 0 Å². The van der Waals surface area contributed by atoms with Crippen LogP contribution >= 0.6 is 0 Å². The summed E-state index contributed by atoms with van der Waals surface area (Å²) in [5, 5.41) is 8.01. The van der Waals surface area contributed by atoms with Crippen molar-refractivity contribution in [2.75, 3.05) is 7.11 Å². The lowest BCUT2D eigenvalue weighted by Gasteiger charge is -2.41. The summed E-state index contributed by atoms with van der Waals surface area (Å²) in [4.78, 5) is 25.1. The average molecular weight is 419 g/mol. The third-order valence-electron chi connectivity index (χ3n) is 5.47. The van der Waals surface area contributed by atoms with Crippen molar-refractivity contribution >= 4 is 11.8 Å². The number of hydrogen-bond donors (Lipinski definition) is 0. The van der Waals surface area contributed by atoms with E-state index in [1.54, 1.807) is 13.1 Å². The second-order valence-electron chi connectivity index (χ2n) is 7.50. The zero-order valence-electron chi connectivity index (χ0n) is 17.0. The van der Waals surface area contributed by atoms with Gasteiger partial charge in [0.2, 0.25) is 0 Å². The summed E-state index contributed by atoms with van der Waals surface area (Å²) in [5.41, 5.74) is -0.408. The summed E-state index contributed by atoms with van der Waals surface area (Å²) < 4.78 is 39.1. The van der Waals surface area contributed by atoms with Gasteiger partial charge in [-0.3, -0.25) is 9.59 Å². The van der Waals surface area contributed by atoms with Crippen LogP contribution in [0.2, 0.25) is 0 Å². The largest absolute Gasteiger partial charge is 0.468 e. The Morgan fingerprint density at radius 3 is 2.80 bits per heavy atom. The molecule has 9 heteroatoms. The molecule has 0 aliphatic carbocycles. The van der Waals surface area contributed by atoms with Crippen LogP contribution in [0.25, 0.3) is 0 Å². The predicted molar refractivity (Wildman–Crippen MR) is 102 cm³/mol. The van der Waals surface area contributed by atoms with E-state index in [1.165, 1.54) is 30.8 Å². The van der Waals surface area contributed by atoms with E-state index in [0.29, 0.717) is 18.5 Å².